The molecule has 0 radical (unpaired) electrons. The summed E-state index contributed by atoms with van der Waals surface area (Å²) in [6, 6.07) is 0. The van der Waals surface area contributed by atoms with Crippen molar-refractivity contribution < 1.29 is 9.84 Å². The molecule has 1 spiro atoms. The lowest BCUT2D eigenvalue weighted by Crippen LogP contribution is -2.45. The van der Waals surface area contributed by atoms with Crippen molar-refractivity contribution in [3.8, 4) is 0 Å². The summed E-state index contributed by atoms with van der Waals surface area (Å²) in [5.41, 5.74) is -0.223. The van der Waals surface area contributed by atoms with Crippen molar-refractivity contribution >= 4 is 0 Å². The van der Waals surface area contributed by atoms with Gasteiger partial charge in [0.2, 0.25) is 0 Å². The topological polar surface area (TPSA) is 41.5 Å². The van der Waals surface area contributed by atoms with Crippen molar-refractivity contribution in [1.29, 1.82) is 0 Å². The fourth-order valence-electron chi connectivity index (χ4n) is 4.37. The maximum Gasteiger partial charge on any atom is 0.0771 e. The van der Waals surface area contributed by atoms with E-state index in [0.29, 0.717) is 6.10 Å². The summed E-state index contributed by atoms with van der Waals surface area (Å²) < 4.78 is 6.31. The molecule has 3 nitrogen and oxygen atoms in total. The lowest BCUT2D eigenvalue weighted by atomic mass is 9.79. The SMILES string of the molecule is CC1CCC(O)(CNCC2CCC3(CCCC3)O2)CC1. The summed E-state index contributed by atoms with van der Waals surface area (Å²) >= 11 is 0. The summed E-state index contributed by atoms with van der Waals surface area (Å²) in [5.74, 6) is 0.788. The van der Waals surface area contributed by atoms with Crippen molar-refractivity contribution in [2.24, 2.45) is 5.92 Å². The van der Waals surface area contributed by atoms with Gasteiger partial charge >= 0.3 is 0 Å². The smallest absolute Gasteiger partial charge is 0.0771 e. The van der Waals surface area contributed by atoms with Gasteiger partial charge in [0.05, 0.1) is 17.3 Å². The fraction of sp³-hybridized carbons (Fsp3) is 1.00. The summed E-state index contributed by atoms with van der Waals surface area (Å²) in [6.45, 7) is 3.95. The second kappa shape index (κ2) is 5.94. The molecule has 2 aliphatic carbocycles. The molecular weight excluding hydrogens is 250 g/mol. The molecule has 2 N–H and O–H groups in total. The zero-order chi connectivity index (χ0) is 14.1. The third-order valence-electron chi connectivity index (χ3n) is 5.88. The highest BCUT2D eigenvalue weighted by atomic mass is 16.5. The molecule has 3 aliphatic rings. The molecule has 2 saturated carbocycles. The molecule has 0 aromatic carbocycles. The molecule has 3 heteroatoms. The van der Waals surface area contributed by atoms with E-state index in [1.54, 1.807) is 0 Å². The summed E-state index contributed by atoms with van der Waals surface area (Å²) in [6.07, 6.45) is 12.3. The Morgan fingerprint density at radius 3 is 2.45 bits per heavy atom. The maximum atomic E-state index is 10.6. The molecule has 0 amide bonds. The summed E-state index contributed by atoms with van der Waals surface area (Å²) in [7, 11) is 0. The Hall–Kier alpha value is -0.120. The predicted octanol–water partition coefficient (Wildman–Crippen LogP) is 3.01. The quantitative estimate of drug-likeness (QED) is 0.832. The molecule has 116 valence electrons. The van der Waals surface area contributed by atoms with Crippen molar-refractivity contribution in [3.63, 3.8) is 0 Å². The van der Waals surface area contributed by atoms with Crippen molar-refractivity contribution in [3.05, 3.63) is 0 Å². The van der Waals surface area contributed by atoms with Gasteiger partial charge in [0.15, 0.2) is 0 Å². The molecule has 0 aromatic rings. The molecule has 1 saturated heterocycles. The number of hydrogen-bond acceptors (Lipinski definition) is 3. The Morgan fingerprint density at radius 2 is 1.75 bits per heavy atom. The Balaban J connectivity index is 1.38. The molecular formula is C17H31NO2. The van der Waals surface area contributed by atoms with Crippen LogP contribution in [0, 0.1) is 5.92 Å². The molecule has 20 heavy (non-hydrogen) atoms. The van der Waals surface area contributed by atoms with Gasteiger partial charge in [-0.1, -0.05) is 19.8 Å². The number of ether oxygens (including phenoxy) is 1. The Labute approximate surface area is 123 Å². The number of nitrogens with one attached hydrogen (secondary N) is 1. The van der Waals surface area contributed by atoms with Gasteiger partial charge in [-0.05, 0) is 57.3 Å². The largest absolute Gasteiger partial charge is 0.389 e. The van der Waals surface area contributed by atoms with Gasteiger partial charge in [0, 0.05) is 13.1 Å². The first-order valence-corrected chi connectivity index (χ1v) is 8.70. The van der Waals surface area contributed by atoms with Gasteiger partial charge in [-0.15, -0.1) is 0 Å². The minimum Gasteiger partial charge on any atom is -0.389 e. The summed E-state index contributed by atoms with van der Waals surface area (Å²) in [4.78, 5) is 0. The highest BCUT2D eigenvalue weighted by Crippen LogP contribution is 2.43. The summed E-state index contributed by atoms with van der Waals surface area (Å²) in [5, 5.41) is 14.0. The van der Waals surface area contributed by atoms with E-state index in [4.69, 9.17) is 4.74 Å². The van der Waals surface area contributed by atoms with Crippen LogP contribution in [0.2, 0.25) is 0 Å². The first-order chi connectivity index (χ1) is 9.59. The standard InChI is InChI=1S/C17H31NO2/c1-14-4-9-16(19,10-5-14)13-18-12-15-6-11-17(20-15)7-2-3-8-17/h14-15,18-19H,2-13H2,1H3. The average molecular weight is 281 g/mol. The Kier molecular flexibility index (Phi) is 4.40. The molecule has 1 heterocycles. The van der Waals surface area contributed by atoms with E-state index >= 15 is 0 Å². The molecule has 1 aliphatic heterocycles. The van der Waals surface area contributed by atoms with Gasteiger partial charge in [0.25, 0.3) is 0 Å². The second-order valence-corrected chi connectivity index (χ2v) is 7.71. The molecule has 0 bridgehead atoms. The van der Waals surface area contributed by atoms with E-state index in [1.165, 1.54) is 51.4 Å². The molecule has 1 unspecified atom stereocenters. The van der Waals surface area contributed by atoms with E-state index in [2.05, 4.69) is 12.2 Å². The van der Waals surface area contributed by atoms with Crippen LogP contribution in [0.25, 0.3) is 0 Å². The minimum atomic E-state index is -0.462. The third kappa shape index (κ3) is 3.37. The molecule has 3 fully saturated rings. The molecule has 1 atom stereocenters. The van der Waals surface area contributed by atoms with Gasteiger partial charge < -0.3 is 15.2 Å². The monoisotopic (exact) mass is 281 g/mol. The van der Waals surface area contributed by atoms with Crippen molar-refractivity contribution in [1.82, 2.24) is 5.32 Å². The Bertz CT molecular complexity index is 317. The number of hydrogen-bond donors (Lipinski definition) is 2. The molecule has 0 aromatic heterocycles. The van der Waals surface area contributed by atoms with Crippen molar-refractivity contribution in [2.45, 2.75) is 88.4 Å². The van der Waals surface area contributed by atoms with Crippen LogP contribution in [-0.4, -0.2) is 35.5 Å². The third-order valence-corrected chi connectivity index (χ3v) is 5.88. The van der Waals surface area contributed by atoms with Gasteiger partial charge in [-0.2, -0.15) is 0 Å². The van der Waals surface area contributed by atoms with Crippen LogP contribution >= 0.6 is 0 Å². The fourth-order valence-corrected chi connectivity index (χ4v) is 4.37. The number of aliphatic hydroxyl groups is 1. The van der Waals surface area contributed by atoms with Crippen LogP contribution in [0.15, 0.2) is 0 Å². The Morgan fingerprint density at radius 1 is 1.05 bits per heavy atom. The minimum absolute atomic E-state index is 0.240. The average Bonchev–Trinajstić information content (AvgIpc) is 3.05. The van der Waals surface area contributed by atoms with Crippen LogP contribution in [0.4, 0.5) is 0 Å². The van der Waals surface area contributed by atoms with Crippen LogP contribution in [0.3, 0.4) is 0 Å². The van der Waals surface area contributed by atoms with E-state index in [0.717, 1.165) is 31.8 Å². The van der Waals surface area contributed by atoms with Crippen LogP contribution in [0.1, 0.15) is 71.1 Å². The number of rotatable bonds is 4. The zero-order valence-corrected chi connectivity index (χ0v) is 13.0. The first kappa shape index (κ1) is 14.8. The predicted molar refractivity (Wildman–Crippen MR) is 80.8 cm³/mol. The maximum absolute atomic E-state index is 10.6. The van der Waals surface area contributed by atoms with Gasteiger partial charge in [-0.25, -0.2) is 0 Å². The normalized spacial score (nSPS) is 40.5. The second-order valence-electron chi connectivity index (χ2n) is 7.71. The van der Waals surface area contributed by atoms with Crippen LogP contribution in [-0.2, 0) is 4.74 Å². The molecule has 3 rings (SSSR count). The van der Waals surface area contributed by atoms with Gasteiger partial charge in [-0.3, -0.25) is 0 Å². The first-order valence-electron chi connectivity index (χ1n) is 8.70. The van der Waals surface area contributed by atoms with E-state index in [-0.39, 0.29) is 5.60 Å². The van der Waals surface area contributed by atoms with E-state index < -0.39 is 5.60 Å². The van der Waals surface area contributed by atoms with E-state index in [9.17, 15) is 5.11 Å². The van der Waals surface area contributed by atoms with Gasteiger partial charge in [0.1, 0.15) is 0 Å². The van der Waals surface area contributed by atoms with E-state index in [1.807, 2.05) is 0 Å². The highest BCUT2D eigenvalue weighted by molar-refractivity contribution is 4.94. The van der Waals surface area contributed by atoms with Crippen LogP contribution in [0.5, 0.6) is 0 Å². The zero-order valence-electron chi connectivity index (χ0n) is 13.0. The lowest BCUT2D eigenvalue weighted by molar-refractivity contribution is -0.0409. The highest BCUT2D eigenvalue weighted by Gasteiger charge is 2.42. The van der Waals surface area contributed by atoms with Crippen molar-refractivity contribution in [2.75, 3.05) is 13.1 Å². The lowest BCUT2D eigenvalue weighted by Gasteiger charge is -2.35. The van der Waals surface area contributed by atoms with Crippen LogP contribution < -0.4 is 5.32 Å².